The van der Waals surface area contributed by atoms with E-state index in [-0.39, 0.29) is 5.91 Å². The third-order valence-electron chi connectivity index (χ3n) is 5.32. The summed E-state index contributed by atoms with van der Waals surface area (Å²) >= 11 is 0. The van der Waals surface area contributed by atoms with Crippen LogP contribution in [0.15, 0.2) is 18.2 Å². The first kappa shape index (κ1) is 22.0. The third-order valence-corrected chi connectivity index (χ3v) is 5.32. The molecule has 1 heterocycles. The molecule has 0 bridgehead atoms. The molecule has 0 radical (unpaired) electrons. The van der Waals surface area contributed by atoms with Crippen LogP contribution in [0.4, 0.5) is 0 Å². The van der Waals surface area contributed by atoms with Gasteiger partial charge in [0, 0.05) is 23.5 Å². The van der Waals surface area contributed by atoms with Gasteiger partial charge >= 0.3 is 0 Å². The second-order valence-corrected chi connectivity index (χ2v) is 7.74. The van der Waals surface area contributed by atoms with Gasteiger partial charge in [-0.2, -0.15) is 0 Å². The van der Waals surface area contributed by atoms with Crippen LogP contribution in [0.1, 0.15) is 53.5 Å². The first-order valence-electron chi connectivity index (χ1n) is 10.1. The number of carbonyl (C=O) groups is 1. The van der Waals surface area contributed by atoms with Crippen LogP contribution < -0.4 is 10.5 Å². The molecule has 0 unspecified atom stereocenters. The lowest BCUT2D eigenvalue weighted by molar-refractivity contribution is 0.1000. The van der Waals surface area contributed by atoms with E-state index in [0.717, 1.165) is 66.9 Å². The van der Waals surface area contributed by atoms with E-state index in [1.807, 2.05) is 26.0 Å². The summed E-state index contributed by atoms with van der Waals surface area (Å²) in [7, 11) is 5.84. The number of ether oxygens (including phenoxy) is 1. The Kier molecular flexibility index (Phi) is 7.69. The minimum atomic E-state index is -0.356. The van der Waals surface area contributed by atoms with E-state index in [1.165, 1.54) is 5.69 Å². The molecule has 0 aliphatic carbocycles. The summed E-state index contributed by atoms with van der Waals surface area (Å²) in [6.07, 6.45) is 4.15. The van der Waals surface area contributed by atoms with Gasteiger partial charge < -0.3 is 19.9 Å². The van der Waals surface area contributed by atoms with Crippen molar-refractivity contribution in [3.63, 3.8) is 0 Å². The Labute approximate surface area is 169 Å². The number of benzene rings is 1. The van der Waals surface area contributed by atoms with E-state index in [2.05, 4.69) is 36.6 Å². The molecule has 2 rings (SSSR count). The Morgan fingerprint density at radius 3 is 2.46 bits per heavy atom. The largest absolute Gasteiger partial charge is 0.496 e. The maximum atomic E-state index is 12.4. The minimum absolute atomic E-state index is 0.356. The Morgan fingerprint density at radius 2 is 1.93 bits per heavy atom. The average molecular weight is 386 g/mol. The molecule has 0 aliphatic rings. The number of unbranched alkanes of at least 4 members (excludes halogenated alkanes) is 1. The monoisotopic (exact) mass is 385 g/mol. The van der Waals surface area contributed by atoms with E-state index in [1.54, 1.807) is 7.11 Å². The van der Waals surface area contributed by atoms with Crippen LogP contribution in [0.2, 0.25) is 0 Å². The topological polar surface area (TPSA) is 60.5 Å². The molecule has 5 heteroatoms. The molecule has 0 fully saturated rings. The van der Waals surface area contributed by atoms with Gasteiger partial charge in [0.05, 0.1) is 12.7 Å². The summed E-state index contributed by atoms with van der Waals surface area (Å²) in [4.78, 5) is 14.6. The molecule has 1 amide bonds. The highest BCUT2D eigenvalue weighted by atomic mass is 16.5. The number of nitrogens with zero attached hydrogens (tertiary/aromatic N) is 2. The predicted octanol–water partition coefficient (Wildman–Crippen LogP) is 4.17. The molecule has 0 saturated carbocycles. The predicted molar refractivity (Wildman–Crippen MR) is 116 cm³/mol. The molecule has 154 valence electrons. The minimum Gasteiger partial charge on any atom is -0.496 e. The van der Waals surface area contributed by atoms with Crippen molar-refractivity contribution in [1.29, 1.82) is 0 Å². The second kappa shape index (κ2) is 9.78. The summed E-state index contributed by atoms with van der Waals surface area (Å²) in [5.41, 5.74) is 11.8. The fourth-order valence-electron chi connectivity index (χ4n) is 3.90. The summed E-state index contributed by atoms with van der Waals surface area (Å²) < 4.78 is 7.73. The van der Waals surface area contributed by atoms with Crippen LogP contribution in [0, 0.1) is 13.8 Å². The van der Waals surface area contributed by atoms with E-state index in [9.17, 15) is 4.79 Å². The Bertz CT molecular complexity index is 822. The molecule has 28 heavy (non-hydrogen) atoms. The summed E-state index contributed by atoms with van der Waals surface area (Å²) in [5.74, 6) is 0.492. The molecule has 2 N–H and O–H groups in total. The molecule has 0 aliphatic heterocycles. The van der Waals surface area contributed by atoms with Crippen molar-refractivity contribution >= 4 is 5.91 Å². The molecular formula is C23H35N3O2. The normalized spacial score (nSPS) is 11.2. The number of carbonyl (C=O) groups excluding carboxylic acids is 1. The van der Waals surface area contributed by atoms with Crippen LogP contribution in [-0.4, -0.2) is 43.1 Å². The standard InChI is InChI=1S/C23H35N3O2/c1-7-8-10-19-22(18-11-12-20(28-6)16(2)15-18)21(23(24)27)17(3)26(19)14-9-13-25(4)5/h11-12,15H,7-10,13-14H2,1-6H3,(H2,24,27). The van der Waals surface area contributed by atoms with Crippen molar-refractivity contribution < 1.29 is 9.53 Å². The van der Waals surface area contributed by atoms with Gasteiger partial charge in [-0.3, -0.25) is 4.79 Å². The first-order valence-corrected chi connectivity index (χ1v) is 10.1. The lowest BCUT2D eigenvalue weighted by Crippen LogP contribution is -2.17. The number of aryl methyl sites for hydroxylation is 1. The molecular weight excluding hydrogens is 350 g/mol. The number of aromatic nitrogens is 1. The van der Waals surface area contributed by atoms with Crippen LogP contribution in [0.25, 0.3) is 11.1 Å². The Hall–Kier alpha value is -2.27. The van der Waals surface area contributed by atoms with Crippen LogP contribution in [0.3, 0.4) is 0 Å². The number of hydrogen-bond acceptors (Lipinski definition) is 3. The van der Waals surface area contributed by atoms with Crippen molar-refractivity contribution in [3.8, 4) is 16.9 Å². The molecule has 1 aromatic carbocycles. The fourth-order valence-corrected chi connectivity index (χ4v) is 3.90. The van der Waals surface area contributed by atoms with E-state index >= 15 is 0 Å². The molecule has 2 aromatic rings. The van der Waals surface area contributed by atoms with Gasteiger partial charge in [-0.1, -0.05) is 19.4 Å². The van der Waals surface area contributed by atoms with Gasteiger partial charge in [0.2, 0.25) is 0 Å². The quantitative estimate of drug-likeness (QED) is 0.668. The van der Waals surface area contributed by atoms with Gasteiger partial charge in [0.1, 0.15) is 5.75 Å². The average Bonchev–Trinajstić information content (AvgIpc) is 2.91. The van der Waals surface area contributed by atoms with Crippen LogP contribution >= 0.6 is 0 Å². The smallest absolute Gasteiger partial charge is 0.251 e. The number of primary amides is 1. The first-order chi connectivity index (χ1) is 13.3. The second-order valence-electron chi connectivity index (χ2n) is 7.74. The van der Waals surface area contributed by atoms with Crippen molar-refractivity contribution in [2.75, 3.05) is 27.7 Å². The zero-order valence-corrected chi connectivity index (χ0v) is 18.3. The van der Waals surface area contributed by atoms with Crippen LogP contribution in [0.5, 0.6) is 5.75 Å². The number of amides is 1. The number of methoxy groups -OCH3 is 1. The SMILES string of the molecule is CCCCc1c(-c2ccc(OC)c(C)c2)c(C(N)=O)c(C)n1CCCN(C)C. The van der Waals surface area contributed by atoms with Crippen molar-refractivity contribution in [2.24, 2.45) is 5.73 Å². The van der Waals surface area contributed by atoms with Crippen LogP contribution in [-0.2, 0) is 13.0 Å². The maximum Gasteiger partial charge on any atom is 0.251 e. The number of nitrogens with two attached hydrogens (primary N) is 1. The van der Waals surface area contributed by atoms with E-state index in [4.69, 9.17) is 10.5 Å². The number of hydrogen-bond donors (Lipinski definition) is 1. The Balaban J connectivity index is 2.63. The van der Waals surface area contributed by atoms with Gasteiger partial charge in [-0.05, 0) is 77.0 Å². The van der Waals surface area contributed by atoms with E-state index < -0.39 is 0 Å². The highest BCUT2D eigenvalue weighted by Crippen LogP contribution is 2.36. The lowest BCUT2D eigenvalue weighted by Gasteiger charge is -2.15. The third kappa shape index (κ3) is 4.76. The fraction of sp³-hybridized carbons (Fsp3) is 0.522. The Morgan fingerprint density at radius 1 is 1.21 bits per heavy atom. The highest BCUT2D eigenvalue weighted by molar-refractivity contribution is 6.02. The van der Waals surface area contributed by atoms with Gasteiger partial charge in [-0.25, -0.2) is 0 Å². The molecule has 5 nitrogen and oxygen atoms in total. The highest BCUT2D eigenvalue weighted by Gasteiger charge is 2.24. The molecule has 0 spiro atoms. The zero-order chi connectivity index (χ0) is 20.8. The maximum absolute atomic E-state index is 12.4. The van der Waals surface area contributed by atoms with Gasteiger partial charge in [0.15, 0.2) is 0 Å². The van der Waals surface area contributed by atoms with Gasteiger partial charge in [-0.15, -0.1) is 0 Å². The summed E-state index contributed by atoms with van der Waals surface area (Å²) in [6.45, 7) is 8.13. The molecule has 0 saturated heterocycles. The summed E-state index contributed by atoms with van der Waals surface area (Å²) in [6, 6.07) is 6.10. The van der Waals surface area contributed by atoms with Crippen molar-refractivity contribution in [3.05, 3.63) is 40.7 Å². The summed E-state index contributed by atoms with van der Waals surface area (Å²) in [5, 5.41) is 0. The molecule has 1 aromatic heterocycles. The number of rotatable bonds is 10. The lowest BCUT2D eigenvalue weighted by atomic mass is 9.96. The van der Waals surface area contributed by atoms with Crippen molar-refractivity contribution in [2.45, 2.75) is 53.0 Å². The van der Waals surface area contributed by atoms with Crippen molar-refractivity contribution in [1.82, 2.24) is 9.47 Å². The molecule has 0 atom stereocenters. The zero-order valence-electron chi connectivity index (χ0n) is 18.3. The van der Waals surface area contributed by atoms with E-state index in [0.29, 0.717) is 5.56 Å². The van der Waals surface area contributed by atoms with Gasteiger partial charge in [0.25, 0.3) is 5.91 Å².